The molecule has 0 aromatic carbocycles. The maximum atomic E-state index is 11.1. The third-order valence-electron chi connectivity index (χ3n) is 2.96. The van der Waals surface area contributed by atoms with Gasteiger partial charge in [-0.3, -0.25) is 4.79 Å². The highest BCUT2D eigenvalue weighted by atomic mass is 32.2. The number of carboxylic acid groups (broad SMARTS) is 1. The second-order valence-corrected chi connectivity index (χ2v) is 4.68. The molecule has 70 valence electrons. The van der Waals surface area contributed by atoms with Gasteiger partial charge in [-0.2, -0.15) is 0 Å². The van der Waals surface area contributed by atoms with Crippen LogP contribution in [-0.2, 0) is 4.79 Å². The summed E-state index contributed by atoms with van der Waals surface area (Å²) in [7, 11) is 0. The van der Waals surface area contributed by atoms with Gasteiger partial charge >= 0.3 is 5.97 Å². The third-order valence-corrected chi connectivity index (χ3v) is 4.47. The van der Waals surface area contributed by atoms with Crippen LogP contribution < -0.4 is 0 Å². The summed E-state index contributed by atoms with van der Waals surface area (Å²) in [4.78, 5) is 11.1. The van der Waals surface area contributed by atoms with Gasteiger partial charge in [0.1, 0.15) is 4.75 Å². The van der Waals surface area contributed by atoms with E-state index in [9.17, 15) is 4.79 Å². The van der Waals surface area contributed by atoms with Gasteiger partial charge in [0.2, 0.25) is 0 Å². The highest BCUT2D eigenvalue weighted by Gasteiger charge is 2.44. The van der Waals surface area contributed by atoms with Gasteiger partial charge in [0.05, 0.1) is 0 Å². The van der Waals surface area contributed by atoms with Crippen LogP contribution in [0.15, 0.2) is 0 Å². The first kappa shape index (κ1) is 9.90. The first-order chi connectivity index (χ1) is 5.63. The molecule has 1 aliphatic carbocycles. The molecule has 0 amide bonds. The van der Waals surface area contributed by atoms with Gasteiger partial charge in [0.25, 0.3) is 0 Å². The zero-order valence-corrected chi connectivity index (χ0v) is 8.49. The van der Waals surface area contributed by atoms with Gasteiger partial charge in [-0.15, -0.1) is 11.8 Å². The number of hydrogen-bond acceptors (Lipinski definition) is 2. The summed E-state index contributed by atoms with van der Waals surface area (Å²) in [5.74, 6) is -0.305. The summed E-state index contributed by atoms with van der Waals surface area (Å²) >= 11 is 1.51. The molecule has 1 N–H and O–H groups in total. The van der Waals surface area contributed by atoms with Gasteiger partial charge in [-0.05, 0) is 25.0 Å². The summed E-state index contributed by atoms with van der Waals surface area (Å²) in [5.41, 5.74) is 0. The van der Waals surface area contributed by atoms with E-state index in [0.717, 1.165) is 19.3 Å². The van der Waals surface area contributed by atoms with Crippen LogP contribution in [0.2, 0.25) is 0 Å². The fourth-order valence-electron chi connectivity index (χ4n) is 2.03. The number of rotatable bonds is 2. The van der Waals surface area contributed by atoms with Crippen molar-refractivity contribution in [3.05, 3.63) is 0 Å². The monoisotopic (exact) mass is 188 g/mol. The van der Waals surface area contributed by atoms with E-state index in [1.54, 1.807) is 0 Å². The van der Waals surface area contributed by atoms with Crippen LogP contribution in [0.1, 0.15) is 32.6 Å². The Bertz CT molecular complexity index is 181. The molecule has 1 fully saturated rings. The average molecular weight is 188 g/mol. The Labute approximate surface area is 77.7 Å². The van der Waals surface area contributed by atoms with Crippen molar-refractivity contribution in [3.63, 3.8) is 0 Å². The molecule has 1 rings (SSSR count). The molecular formula is C9H16O2S. The maximum Gasteiger partial charge on any atom is 0.320 e. The van der Waals surface area contributed by atoms with Crippen molar-refractivity contribution >= 4 is 17.7 Å². The van der Waals surface area contributed by atoms with E-state index in [1.165, 1.54) is 18.2 Å². The smallest absolute Gasteiger partial charge is 0.320 e. The minimum atomic E-state index is -0.623. The molecule has 1 aliphatic rings. The lowest BCUT2D eigenvalue weighted by atomic mass is 9.79. The normalized spacial score (nSPS) is 36.3. The minimum Gasteiger partial charge on any atom is -0.480 e. The molecule has 0 bridgehead atoms. The van der Waals surface area contributed by atoms with Crippen LogP contribution >= 0.6 is 11.8 Å². The number of hydrogen-bond donors (Lipinski definition) is 1. The first-order valence-electron chi connectivity index (χ1n) is 4.42. The van der Waals surface area contributed by atoms with E-state index in [1.807, 2.05) is 6.26 Å². The Morgan fingerprint density at radius 1 is 1.58 bits per heavy atom. The SMILES string of the molecule is CSC1(C(=O)O)CCCCC1C. The van der Waals surface area contributed by atoms with Crippen LogP contribution in [0.25, 0.3) is 0 Å². The Kier molecular flexibility index (Phi) is 3.04. The predicted octanol–water partition coefficient (Wildman–Crippen LogP) is 2.38. The second kappa shape index (κ2) is 3.69. The summed E-state index contributed by atoms with van der Waals surface area (Å²) in [6.45, 7) is 2.06. The van der Waals surface area contributed by atoms with E-state index in [-0.39, 0.29) is 0 Å². The summed E-state index contributed by atoms with van der Waals surface area (Å²) in [6.07, 6.45) is 6.07. The number of aliphatic carboxylic acids is 1. The zero-order chi connectivity index (χ0) is 9.19. The molecule has 0 saturated heterocycles. The molecule has 12 heavy (non-hydrogen) atoms. The predicted molar refractivity (Wildman–Crippen MR) is 51.5 cm³/mol. The Hall–Kier alpha value is -0.180. The van der Waals surface area contributed by atoms with E-state index in [2.05, 4.69) is 6.92 Å². The van der Waals surface area contributed by atoms with E-state index in [4.69, 9.17) is 5.11 Å². The largest absolute Gasteiger partial charge is 0.480 e. The highest BCUT2D eigenvalue weighted by Crippen LogP contribution is 2.42. The van der Waals surface area contributed by atoms with Crippen LogP contribution in [0.4, 0.5) is 0 Å². The lowest BCUT2D eigenvalue weighted by Gasteiger charge is -2.37. The molecule has 2 nitrogen and oxygen atoms in total. The molecule has 0 radical (unpaired) electrons. The molecule has 0 aromatic rings. The maximum absolute atomic E-state index is 11.1. The fourth-order valence-corrected chi connectivity index (χ4v) is 3.07. The molecular weight excluding hydrogens is 172 g/mol. The number of carboxylic acids is 1. The second-order valence-electron chi connectivity index (χ2n) is 3.55. The topological polar surface area (TPSA) is 37.3 Å². The lowest BCUT2D eigenvalue weighted by molar-refractivity contribution is -0.142. The molecule has 3 heteroatoms. The quantitative estimate of drug-likeness (QED) is 0.723. The van der Waals surface area contributed by atoms with Crippen LogP contribution in [0.3, 0.4) is 0 Å². The van der Waals surface area contributed by atoms with Crippen molar-refractivity contribution in [1.29, 1.82) is 0 Å². The Morgan fingerprint density at radius 2 is 2.25 bits per heavy atom. The van der Waals surface area contributed by atoms with Crippen LogP contribution in [-0.4, -0.2) is 22.1 Å². The van der Waals surface area contributed by atoms with Gasteiger partial charge in [0, 0.05) is 0 Å². The molecule has 0 spiro atoms. The van der Waals surface area contributed by atoms with Crippen molar-refractivity contribution in [2.45, 2.75) is 37.4 Å². The average Bonchev–Trinajstić information content (AvgIpc) is 2.05. The van der Waals surface area contributed by atoms with Crippen molar-refractivity contribution in [2.24, 2.45) is 5.92 Å². The summed E-state index contributed by atoms with van der Waals surface area (Å²) < 4.78 is -0.488. The summed E-state index contributed by atoms with van der Waals surface area (Å²) in [6, 6.07) is 0. The summed E-state index contributed by atoms with van der Waals surface area (Å²) in [5, 5.41) is 9.14. The minimum absolute atomic E-state index is 0.318. The Balaban J connectivity index is 2.81. The van der Waals surface area contributed by atoms with Gasteiger partial charge in [-0.1, -0.05) is 19.8 Å². The fraction of sp³-hybridized carbons (Fsp3) is 0.889. The van der Waals surface area contributed by atoms with E-state index < -0.39 is 10.7 Å². The molecule has 0 heterocycles. The standard InChI is InChI=1S/C9H16O2S/c1-7-5-3-4-6-9(7,12-2)8(10)11/h7H,3-6H2,1-2H3,(H,10,11). The molecule has 0 aromatic heterocycles. The number of thioether (sulfide) groups is 1. The van der Waals surface area contributed by atoms with Crippen LogP contribution in [0.5, 0.6) is 0 Å². The molecule has 0 aliphatic heterocycles. The number of carbonyl (C=O) groups is 1. The lowest BCUT2D eigenvalue weighted by Crippen LogP contribution is -2.43. The Morgan fingerprint density at radius 3 is 2.58 bits per heavy atom. The van der Waals surface area contributed by atoms with Gasteiger partial charge in [0.15, 0.2) is 0 Å². The van der Waals surface area contributed by atoms with Crippen molar-refractivity contribution in [1.82, 2.24) is 0 Å². The van der Waals surface area contributed by atoms with Crippen LogP contribution in [0, 0.1) is 5.92 Å². The zero-order valence-electron chi connectivity index (χ0n) is 7.67. The first-order valence-corrected chi connectivity index (χ1v) is 5.64. The van der Waals surface area contributed by atoms with Crippen molar-refractivity contribution in [2.75, 3.05) is 6.26 Å². The van der Waals surface area contributed by atoms with Gasteiger partial charge in [-0.25, -0.2) is 0 Å². The molecule has 1 saturated carbocycles. The highest BCUT2D eigenvalue weighted by molar-refractivity contribution is 8.00. The van der Waals surface area contributed by atoms with Crippen molar-refractivity contribution in [3.8, 4) is 0 Å². The van der Waals surface area contributed by atoms with E-state index in [0.29, 0.717) is 5.92 Å². The van der Waals surface area contributed by atoms with Gasteiger partial charge < -0.3 is 5.11 Å². The molecule has 2 atom stereocenters. The third kappa shape index (κ3) is 1.47. The van der Waals surface area contributed by atoms with Crippen molar-refractivity contribution < 1.29 is 9.90 Å². The van der Waals surface area contributed by atoms with E-state index >= 15 is 0 Å². The molecule has 2 unspecified atom stereocenters.